The number of benzene rings is 1. The molecule has 1 fully saturated rings. The average Bonchev–Trinajstić information content (AvgIpc) is 3.00. The highest BCUT2D eigenvalue weighted by molar-refractivity contribution is 7.17. The smallest absolute Gasteiger partial charge is 0.264 e. The lowest BCUT2D eigenvalue weighted by Gasteiger charge is -2.38. The standard InChI is InChI=1S/C17H19FN2OS.ClH/c1-11-12(2)20(10-9-19-11)17(21)16-8-7-15(22-16)13-3-5-14(18)6-4-13;/h3-8,11-12,19H,9-10H2,1-2H3;1H. The normalized spacial score (nSPS) is 20.9. The van der Waals surface area contributed by atoms with Crippen molar-refractivity contribution in [3.63, 3.8) is 0 Å². The molecule has 3 rings (SSSR count). The van der Waals surface area contributed by atoms with Gasteiger partial charge >= 0.3 is 0 Å². The van der Waals surface area contributed by atoms with Crippen molar-refractivity contribution >= 4 is 29.7 Å². The summed E-state index contributed by atoms with van der Waals surface area (Å²) in [6.45, 7) is 5.73. The van der Waals surface area contributed by atoms with E-state index in [1.807, 2.05) is 17.0 Å². The van der Waals surface area contributed by atoms with Crippen molar-refractivity contribution in [2.24, 2.45) is 0 Å². The Morgan fingerprint density at radius 2 is 1.91 bits per heavy atom. The fourth-order valence-electron chi connectivity index (χ4n) is 2.71. The first-order valence-electron chi connectivity index (χ1n) is 7.46. The van der Waals surface area contributed by atoms with Gasteiger partial charge in [0.05, 0.1) is 4.88 Å². The third kappa shape index (κ3) is 3.74. The summed E-state index contributed by atoms with van der Waals surface area (Å²) in [7, 11) is 0. The average molecular weight is 355 g/mol. The molecule has 0 radical (unpaired) electrons. The van der Waals surface area contributed by atoms with Crippen LogP contribution in [0.2, 0.25) is 0 Å². The van der Waals surface area contributed by atoms with E-state index in [1.165, 1.54) is 23.5 Å². The number of piperazine rings is 1. The van der Waals surface area contributed by atoms with Gasteiger partial charge < -0.3 is 10.2 Å². The molecule has 1 aliphatic heterocycles. The highest BCUT2D eigenvalue weighted by Crippen LogP contribution is 2.29. The fraction of sp³-hybridized carbons (Fsp3) is 0.353. The molecule has 2 unspecified atom stereocenters. The molecule has 2 heterocycles. The third-order valence-electron chi connectivity index (χ3n) is 4.24. The lowest BCUT2D eigenvalue weighted by molar-refractivity contribution is 0.0608. The van der Waals surface area contributed by atoms with Crippen LogP contribution in [0, 0.1) is 5.82 Å². The van der Waals surface area contributed by atoms with Crippen LogP contribution >= 0.6 is 23.7 Å². The van der Waals surface area contributed by atoms with Crippen molar-refractivity contribution in [1.29, 1.82) is 0 Å². The van der Waals surface area contributed by atoms with Crippen LogP contribution in [0.25, 0.3) is 10.4 Å². The predicted molar refractivity (Wildman–Crippen MR) is 94.9 cm³/mol. The summed E-state index contributed by atoms with van der Waals surface area (Å²) in [5, 5.41) is 3.38. The van der Waals surface area contributed by atoms with Crippen LogP contribution in [0.15, 0.2) is 36.4 Å². The summed E-state index contributed by atoms with van der Waals surface area (Å²) < 4.78 is 13.0. The Hall–Kier alpha value is -1.43. The first-order valence-corrected chi connectivity index (χ1v) is 8.28. The number of thiophene rings is 1. The zero-order valence-corrected chi connectivity index (χ0v) is 14.7. The maximum Gasteiger partial charge on any atom is 0.264 e. The number of rotatable bonds is 2. The summed E-state index contributed by atoms with van der Waals surface area (Å²) in [5.74, 6) is -0.167. The van der Waals surface area contributed by atoms with Gasteiger partial charge in [-0.2, -0.15) is 0 Å². The fourth-order valence-corrected chi connectivity index (χ4v) is 3.67. The number of nitrogens with one attached hydrogen (secondary N) is 1. The first kappa shape index (κ1) is 17.9. The van der Waals surface area contributed by atoms with Gasteiger partial charge in [0.25, 0.3) is 5.91 Å². The van der Waals surface area contributed by atoms with Gasteiger partial charge in [0, 0.05) is 30.1 Å². The molecule has 1 aliphatic rings. The molecule has 2 aromatic rings. The van der Waals surface area contributed by atoms with Crippen LogP contribution < -0.4 is 5.32 Å². The van der Waals surface area contributed by atoms with Gasteiger partial charge in [-0.3, -0.25) is 4.79 Å². The van der Waals surface area contributed by atoms with E-state index in [4.69, 9.17) is 0 Å². The molecule has 23 heavy (non-hydrogen) atoms. The molecular formula is C17H20ClFN2OS. The molecule has 1 N–H and O–H groups in total. The molecule has 3 nitrogen and oxygen atoms in total. The summed E-state index contributed by atoms with van der Waals surface area (Å²) in [6.07, 6.45) is 0. The van der Waals surface area contributed by atoms with Crippen LogP contribution in [0.4, 0.5) is 4.39 Å². The molecule has 124 valence electrons. The van der Waals surface area contributed by atoms with Gasteiger partial charge in [0.15, 0.2) is 0 Å². The third-order valence-corrected chi connectivity index (χ3v) is 5.36. The van der Waals surface area contributed by atoms with Crippen molar-refractivity contribution in [2.75, 3.05) is 13.1 Å². The van der Waals surface area contributed by atoms with E-state index in [-0.39, 0.29) is 30.2 Å². The largest absolute Gasteiger partial charge is 0.332 e. The zero-order chi connectivity index (χ0) is 15.7. The number of halogens is 2. The minimum absolute atomic E-state index is 0. The van der Waals surface area contributed by atoms with Gasteiger partial charge in [-0.25, -0.2) is 4.39 Å². The van der Waals surface area contributed by atoms with Gasteiger partial charge in [-0.1, -0.05) is 12.1 Å². The topological polar surface area (TPSA) is 32.3 Å². The van der Waals surface area contributed by atoms with Crippen LogP contribution in [0.5, 0.6) is 0 Å². The highest BCUT2D eigenvalue weighted by atomic mass is 35.5. The van der Waals surface area contributed by atoms with E-state index in [0.29, 0.717) is 6.04 Å². The van der Waals surface area contributed by atoms with E-state index in [9.17, 15) is 9.18 Å². The SMILES string of the molecule is CC1NCCN(C(=O)c2ccc(-c3ccc(F)cc3)s2)C1C.Cl. The monoisotopic (exact) mass is 354 g/mol. The van der Waals surface area contributed by atoms with Crippen LogP contribution in [0.1, 0.15) is 23.5 Å². The Labute approximate surface area is 145 Å². The number of carbonyl (C=O) groups excluding carboxylic acids is 1. The van der Waals surface area contributed by atoms with Crippen LogP contribution in [0.3, 0.4) is 0 Å². The molecular weight excluding hydrogens is 335 g/mol. The van der Waals surface area contributed by atoms with E-state index < -0.39 is 0 Å². The van der Waals surface area contributed by atoms with Gasteiger partial charge in [-0.05, 0) is 43.7 Å². The lowest BCUT2D eigenvalue weighted by atomic mass is 10.1. The molecule has 2 atom stereocenters. The minimum Gasteiger partial charge on any atom is -0.332 e. The summed E-state index contributed by atoms with van der Waals surface area (Å²) in [4.78, 5) is 16.4. The Morgan fingerprint density at radius 1 is 1.22 bits per heavy atom. The maximum atomic E-state index is 13.0. The zero-order valence-electron chi connectivity index (χ0n) is 13.1. The van der Waals surface area contributed by atoms with Gasteiger partial charge in [-0.15, -0.1) is 23.7 Å². The highest BCUT2D eigenvalue weighted by Gasteiger charge is 2.29. The second-order valence-corrected chi connectivity index (χ2v) is 6.74. The molecule has 6 heteroatoms. The van der Waals surface area contributed by atoms with E-state index in [0.717, 1.165) is 28.4 Å². The Morgan fingerprint density at radius 3 is 2.61 bits per heavy atom. The van der Waals surface area contributed by atoms with Gasteiger partial charge in [0.1, 0.15) is 5.82 Å². The van der Waals surface area contributed by atoms with E-state index in [1.54, 1.807) is 12.1 Å². The minimum atomic E-state index is -0.250. The molecule has 0 saturated carbocycles. The van der Waals surface area contributed by atoms with Crippen LogP contribution in [-0.4, -0.2) is 36.0 Å². The first-order chi connectivity index (χ1) is 10.6. The molecule has 1 aromatic carbocycles. The Bertz CT molecular complexity index is 673. The molecule has 1 saturated heterocycles. The second-order valence-electron chi connectivity index (χ2n) is 5.65. The number of carbonyl (C=O) groups is 1. The van der Waals surface area contributed by atoms with E-state index >= 15 is 0 Å². The van der Waals surface area contributed by atoms with Gasteiger partial charge in [0.2, 0.25) is 0 Å². The lowest BCUT2D eigenvalue weighted by Crippen LogP contribution is -2.57. The predicted octanol–water partition coefficient (Wildman–Crippen LogP) is 3.80. The summed E-state index contributed by atoms with van der Waals surface area (Å²) >= 11 is 1.46. The van der Waals surface area contributed by atoms with Crippen molar-refractivity contribution in [2.45, 2.75) is 25.9 Å². The van der Waals surface area contributed by atoms with Crippen molar-refractivity contribution in [3.8, 4) is 10.4 Å². The van der Waals surface area contributed by atoms with Crippen LogP contribution in [-0.2, 0) is 0 Å². The van der Waals surface area contributed by atoms with Crippen molar-refractivity contribution in [3.05, 3.63) is 47.1 Å². The molecule has 1 amide bonds. The summed E-state index contributed by atoms with van der Waals surface area (Å²) in [5.41, 5.74) is 0.937. The number of nitrogens with zero attached hydrogens (tertiary/aromatic N) is 1. The maximum absolute atomic E-state index is 13.0. The summed E-state index contributed by atoms with van der Waals surface area (Å²) in [6, 6.07) is 10.6. The number of hydrogen-bond donors (Lipinski definition) is 1. The quantitative estimate of drug-likeness (QED) is 0.889. The number of amides is 1. The Balaban J connectivity index is 0.00000192. The van der Waals surface area contributed by atoms with Crippen molar-refractivity contribution in [1.82, 2.24) is 10.2 Å². The molecule has 0 aliphatic carbocycles. The molecule has 1 aromatic heterocycles. The molecule has 0 bridgehead atoms. The Kier molecular flexibility index (Phi) is 5.79. The second kappa shape index (κ2) is 7.43. The number of hydrogen-bond acceptors (Lipinski definition) is 3. The van der Waals surface area contributed by atoms with E-state index in [2.05, 4.69) is 19.2 Å². The van der Waals surface area contributed by atoms with Crippen molar-refractivity contribution < 1.29 is 9.18 Å². The molecule has 0 spiro atoms.